The maximum absolute atomic E-state index is 13.1. The number of H-pyrrole nitrogens is 1. The van der Waals surface area contributed by atoms with Gasteiger partial charge in [-0.05, 0) is 18.6 Å². The van der Waals surface area contributed by atoms with Crippen LogP contribution in [0.15, 0.2) is 58.7 Å². The number of aromatic nitrogens is 2. The van der Waals surface area contributed by atoms with Crippen LogP contribution in [0.25, 0.3) is 21.3 Å². The minimum Gasteiger partial charge on any atom is -0.379 e. The number of hydrogen-bond donors (Lipinski definition) is 2. The van der Waals surface area contributed by atoms with Gasteiger partial charge in [0, 0.05) is 47.2 Å². The van der Waals surface area contributed by atoms with E-state index in [-0.39, 0.29) is 11.6 Å². The highest BCUT2D eigenvalue weighted by atomic mass is 35.5. The van der Waals surface area contributed by atoms with Crippen molar-refractivity contribution in [2.45, 2.75) is 19.5 Å². The van der Waals surface area contributed by atoms with E-state index in [0.717, 1.165) is 48.8 Å². The van der Waals surface area contributed by atoms with E-state index in [1.165, 1.54) is 22.5 Å². The molecule has 2 N–H and O–H groups in total. The molecule has 8 heteroatoms. The maximum atomic E-state index is 13.1. The predicted octanol–water partition coefficient (Wildman–Crippen LogP) is 4.78. The molecule has 0 spiro atoms. The lowest BCUT2D eigenvalue weighted by Crippen LogP contribution is -2.42. The zero-order chi connectivity index (χ0) is 23.5. The van der Waals surface area contributed by atoms with Gasteiger partial charge in [0.15, 0.2) is 0 Å². The summed E-state index contributed by atoms with van der Waals surface area (Å²) in [5.41, 5.74) is 3.98. The Hall–Kier alpha value is -2.55. The number of aromatic amines is 1. The molecule has 0 saturated carbocycles. The molecule has 1 aliphatic rings. The highest BCUT2D eigenvalue weighted by molar-refractivity contribution is 7.17. The number of thiophene rings is 1. The van der Waals surface area contributed by atoms with Crippen molar-refractivity contribution >= 4 is 33.2 Å². The van der Waals surface area contributed by atoms with Crippen LogP contribution in [0, 0.1) is 6.92 Å². The third-order valence-corrected chi connectivity index (χ3v) is 7.40. The van der Waals surface area contributed by atoms with Gasteiger partial charge in [-0.3, -0.25) is 9.69 Å². The minimum absolute atomic E-state index is 0.113. The molecule has 5 rings (SSSR count). The molecular formula is C26H27ClN4O2S. The smallest absolute Gasteiger partial charge is 0.260 e. The quantitative estimate of drug-likeness (QED) is 0.387. The molecule has 4 aromatic rings. The Bertz CT molecular complexity index is 1330. The van der Waals surface area contributed by atoms with Crippen molar-refractivity contribution < 1.29 is 4.74 Å². The van der Waals surface area contributed by atoms with Gasteiger partial charge in [-0.15, -0.1) is 11.3 Å². The lowest BCUT2D eigenvalue weighted by Gasteiger charge is -2.31. The van der Waals surface area contributed by atoms with Gasteiger partial charge in [-0.1, -0.05) is 59.6 Å². The predicted molar refractivity (Wildman–Crippen MR) is 139 cm³/mol. The average Bonchev–Trinajstić information content (AvgIpc) is 3.28. The van der Waals surface area contributed by atoms with Crippen molar-refractivity contribution in [3.8, 4) is 11.1 Å². The first-order chi connectivity index (χ1) is 16.6. The fourth-order valence-electron chi connectivity index (χ4n) is 4.30. The van der Waals surface area contributed by atoms with E-state index in [9.17, 15) is 4.79 Å². The van der Waals surface area contributed by atoms with E-state index >= 15 is 0 Å². The standard InChI is InChI=1S/C26H27ClN4O2S/c1-17-6-8-18(9-7-17)22(15-31-10-12-33-13-11-31)28-14-23-29-25(32)24-20(16-34-26(24)30-23)19-4-2-3-5-21(19)27/h2-9,16,22,28H,10-15H2,1H3,(H,29,30,32)/t22-/m0/s1. The van der Waals surface area contributed by atoms with Crippen LogP contribution in [-0.2, 0) is 11.3 Å². The van der Waals surface area contributed by atoms with E-state index in [4.69, 9.17) is 21.3 Å². The van der Waals surface area contributed by atoms with Crippen LogP contribution in [0.2, 0.25) is 5.02 Å². The number of ether oxygens (including phenoxy) is 1. The Morgan fingerprint density at radius 1 is 1.15 bits per heavy atom. The molecule has 6 nitrogen and oxygen atoms in total. The minimum atomic E-state index is -0.141. The Morgan fingerprint density at radius 2 is 1.91 bits per heavy atom. The summed E-state index contributed by atoms with van der Waals surface area (Å²) in [6.45, 7) is 6.80. The summed E-state index contributed by atoms with van der Waals surface area (Å²) in [5, 5.41) is 6.79. The SMILES string of the molecule is Cc1ccc([C@H](CN2CCOCC2)NCc2nc3scc(-c4ccccc4Cl)c3c(=O)[nH]2)cc1. The number of nitrogens with zero attached hydrogens (tertiary/aromatic N) is 2. The molecule has 1 atom stereocenters. The van der Waals surface area contributed by atoms with Gasteiger partial charge >= 0.3 is 0 Å². The summed E-state index contributed by atoms with van der Waals surface area (Å²) in [6.07, 6.45) is 0. The van der Waals surface area contributed by atoms with Crippen molar-refractivity contribution in [1.29, 1.82) is 0 Å². The first-order valence-electron chi connectivity index (χ1n) is 11.4. The number of hydrogen-bond acceptors (Lipinski definition) is 6. The van der Waals surface area contributed by atoms with Crippen LogP contribution in [0.1, 0.15) is 23.0 Å². The number of nitrogens with one attached hydrogen (secondary N) is 2. The maximum Gasteiger partial charge on any atom is 0.260 e. The summed E-state index contributed by atoms with van der Waals surface area (Å²) in [6, 6.07) is 16.3. The fraction of sp³-hybridized carbons (Fsp3) is 0.308. The molecule has 0 radical (unpaired) electrons. The van der Waals surface area contributed by atoms with E-state index in [0.29, 0.717) is 22.8 Å². The molecule has 0 amide bonds. The molecule has 1 aliphatic heterocycles. The molecule has 1 fully saturated rings. The van der Waals surface area contributed by atoms with Crippen molar-refractivity contribution in [3.63, 3.8) is 0 Å². The highest BCUT2D eigenvalue weighted by Gasteiger charge is 2.19. The summed E-state index contributed by atoms with van der Waals surface area (Å²) in [4.78, 5) is 23.9. The van der Waals surface area contributed by atoms with Crippen molar-refractivity contribution in [2.24, 2.45) is 0 Å². The van der Waals surface area contributed by atoms with Crippen LogP contribution in [-0.4, -0.2) is 47.7 Å². The van der Waals surface area contributed by atoms with Crippen LogP contribution in [0.3, 0.4) is 0 Å². The molecule has 2 aromatic heterocycles. The lowest BCUT2D eigenvalue weighted by atomic mass is 10.0. The monoisotopic (exact) mass is 494 g/mol. The van der Waals surface area contributed by atoms with Crippen LogP contribution in [0.4, 0.5) is 0 Å². The van der Waals surface area contributed by atoms with Gasteiger partial charge in [0.25, 0.3) is 5.56 Å². The topological polar surface area (TPSA) is 70.2 Å². The lowest BCUT2D eigenvalue weighted by molar-refractivity contribution is 0.0333. The third-order valence-electron chi connectivity index (χ3n) is 6.20. The van der Waals surface area contributed by atoms with Crippen LogP contribution < -0.4 is 10.9 Å². The van der Waals surface area contributed by atoms with Crippen molar-refractivity contribution in [2.75, 3.05) is 32.8 Å². The Labute approximate surface area is 207 Å². The molecule has 2 aromatic carbocycles. The molecule has 34 heavy (non-hydrogen) atoms. The molecule has 3 heterocycles. The van der Waals surface area contributed by atoms with Gasteiger partial charge in [-0.25, -0.2) is 4.98 Å². The zero-order valence-electron chi connectivity index (χ0n) is 19.0. The van der Waals surface area contributed by atoms with E-state index < -0.39 is 0 Å². The Kier molecular flexibility index (Phi) is 7.08. The zero-order valence-corrected chi connectivity index (χ0v) is 20.6. The molecule has 0 unspecified atom stereocenters. The fourth-order valence-corrected chi connectivity index (χ4v) is 5.50. The number of benzene rings is 2. The van der Waals surface area contributed by atoms with Gasteiger partial charge in [0.1, 0.15) is 10.7 Å². The molecule has 176 valence electrons. The number of rotatable bonds is 7. The molecule has 0 bridgehead atoms. The van der Waals surface area contributed by atoms with Gasteiger partial charge in [0.05, 0.1) is 25.1 Å². The van der Waals surface area contributed by atoms with Crippen molar-refractivity contribution in [1.82, 2.24) is 20.2 Å². The summed E-state index contributed by atoms with van der Waals surface area (Å²) < 4.78 is 5.51. The first-order valence-corrected chi connectivity index (χ1v) is 12.7. The second-order valence-electron chi connectivity index (χ2n) is 8.58. The highest BCUT2D eigenvalue weighted by Crippen LogP contribution is 2.34. The number of morpholine rings is 1. The van der Waals surface area contributed by atoms with Crippen LogP contribution in [0.5, 0.6) is 0 Å². The van der Waals surface area contributed by atoms with Gasteiger partial charge < -0.3 is 15.0 Å². The second kappa shape index (κ2) is 10.4. The average molecular weight is 495 g/mol. The normalized spacial score (nSPS) is 15.6. The Balaban J connectivity index is 1.39. The van der Waals surface area contributed by atoms with E-state index in [1.54, 1.807) is 0 Å². The third kappa shape index (κ3) is 5.09. The number of aryl methyl sites for hydroxylation is 1. The van der Waals surface area contributed by atoms with E-state index in [2.05, 4.69) is 46.4 Å². The van der Waals surface area contributed by atoms with Crippen molar-refractivity contribution in [3.05, 3.63) is 86.2 Å². The number of halogens is 1. The Morgan fingerprint density at radius 3 is 2.68 bits per heavy atom. The summed E-state index contributed by atoms with van der Waals surface area (Å²) in [5.74, 6) is 0.629. The largest absolute Gasteiger partial charge is 0.379 e. The number of fused-ring (bicyclic) bond motifs is 1. The molecule has 0 aliphatic carbocycles. The second-order valence-corrected chi connectivity index (χ2v) is 9.84. The van der Waals surface area contributed by atoms with Crippen LogP contribution >= 0.6 is 22.9 Å². The van der Waals surface area contributed by atoms with Gasteiger partial charge in [-0.2, -0.15) is 0 Å². The summed E-state index contributed by atoms with van der Waals surface area (Å²) in [7, 11) is 0. The summed E-state index contributed by atoms with van der Waals surface area (Å²) >= 11 is 7.85. The molecular weight excluding hydrogens is 468 g/mol. The molecule has 1 saturated heterocycles. The van der Waals surface area contributed by atoms with E-state index in [1.807, 2.05) is 29.6 Å². The van der Waals surface area contributed by atoms with Gasteiger partial charge in [0.2, 0.25) is 0 Å². The first kappa shape index (κ1) is 23.2.